The lowest BCUT2D eigenvalue weighted by molar-refractivity contribution is 0.350. The maximum absolute atomic E-state index is 6.22. The summed E-state index contributed by atoms with van der Waals surface area (Å²) in [5.74, 6) is 0.393. The van der Waals surface area contributed by atoms with Crippen molar-refractivity contribution in [3.05, 3.63) is 71.8 Å². The van der Waals surface area contributed by atoms with E-state index in [0.29, 0.717) is 11.3 Å². The zero-order valence-corrected chi connectivity index (χ0v) is 12.3. The lowest BCUT2D eigenvalue weighted by Crippen LogP contribution is -2.29. The van der Waals surface area contributed by atoms with Crippen molar-refractivity contribution < 1.29 is 0 Å². The molecule has 1 atom stereocenters. The van der Waals surface area contributed by atoms with Gasteiger partial charge in [0, 0.05) is 5.92 Å². The van der Waals surface area contributed by atoms with E-state index in [0.717, 1.165) is 6.54 Å². The van der Waals surface area contributed by atoms with Crippen molar-refractivity contribution in [3.63, 3.8) is 0 Å². The summed E-state index contributed by atoms with van der Waals surface area (Å²) in [6, 6.07) is 21.6. The maximum Gasteiger partial charge on any atom is 0.0163 e. The van der Waals surface area contributed by atoms with Crippen LogP contribution in [0.25, 0.3) is 0 Å². The van der Waals surface area contributed by atoms with Crippen LogP contribution in [-0.4, -0.2) is 6.54 Å². The van der Waals surface area contributed by atoms with Gasteiger partial charge in [0.15, 0.2) is 0 Å². The molecule has 0 radical (unpaired) electrons. The summed E-state index contributed by atoms with van der Waals surface area (Å²) < 4.78 is 0. The molecule has 1 aliphatic carbocycles. The third-order valence-electron chi connectivity index (χ3n) is 5.16. The van der Waals surface area contributed by atoms with Crippen LogP contribution < -0.4 is 5.73 Å². The van der Waals surface area contributed by atoms with Crippen LogP contribution >= 0.6 is 0 Å². The summed E-state index contributed by atoms with van der Waals surface area (Å²) in [4.78, 5) is 0. The van der Waals surface area contributed by atoms with Crippen molar-refractivity contribution in [2.45, 2.75) is 26.2 Å². The van der Waals surface area contributed by atoms with Crippen LogP contribution in [-0.2, 0) is 0 Å². The monoisotopic (exact) mass is 265 g/mol. The number of hydrogen-bond acceptors (Lipinski definition) is 1. The van der Waals surface area contributed by atoms with E-state index in [1.165, 1.54) is 17.5 Å². The number of rotatable bonds is 4. The topological polar surface area (TPSA) is 26.0 Å². The molecule has 0 bridgehead atoms. The van der Waals surface area contributed by atoms with Gasteiger partial charge >= 0.3 is 0 Å². The fraction of sp³-hybridized carbons (Fsp3) is 0.368. The Bertz CT molecular complexity index is 534. The third-order valence-corrected chi connectivity index (χ3v) is 5.16. The van der Waals surface area contributed by atoms with Gasteiger partial charge in [-0.15, -0.1) is 0 Å². The Morgan fingerprint density at radius 1 is 0.900 bits per heavy atom. The first kappa shape index (κ1) is 13.4. The molecule has 20 heavy (non-hydrogen) atoms. The fourth-order valence-electron chi connectivity index (χ4n) is 3.83. The molecule has 1 nitrogen and oxygen atoms in total. The van der Waals surface area contributed by atoms with Crippen LogP contribution in [0.4, 0.5) is 0 Å². The lowest BCUT2D eigenvalue weighted by Gasteiger charge is -2.30. The van der Waals surface area contributed by atoms with Crippen LogP contribution in [0.1, 0.15) is 37.3 Å². The standard InChI is InChI=1S/C19H23N/c1-18(2)13-19(18,14-20)17(15-9-5-3-6-10-15)16-11-7-4-8-12-16/h3-12,17H,13-14,20H2,1-2H3. The van der Waals surface area contributed by atoms with E-state index in [9.17, 15) is 0 Å². The average molecular weight is 265 g/mol. The van der Waals surface area contributed by atoms with E-state index in [2.05, 4.69) is 74.5 Å². The van der Waals surface area contributed by atoms with Gasteiger partial charge < -0.3 is 5.73 Å². The zero-order chi connectivity index (χ0) is 14.2. The molecular weight excluding hydrogens is 242 g/mol. The maximum atomic E-state index is 6.22. The largest absolute Gasteiger partial charge is 0.330 e. The number of hydrogen-bond donors (Lipinski definition) is 1. The Kier molecular flexibility index (Phi) is 3.18. The fourth-order valence-corrected chi connectivity index (χ4v) is 3.83. The molecule has 1 aliphatic rings. The van der Waals surface area contributed by atoms with Gasteiger partial charge in [0.1, 0.15) is 0 Å². The summed E-state index contributed by atoms with van der Waals surface area (Å²) >= 11 is 0. The van der Waals surface area contributed by atoms with E-state index >= 15 is 0 Å². The minimum absolute atomic E-state index is 0.190. The molecule has 1 fully saturated rings. The van der Waals surface area contributed by atoms with Crippen molar-refractivity contribution in [2.75, 3.05) is 6.54 Å². The molecule has 2 N–H and O–H groups in total. The van der Waals surface area contributed by atoms with Gasteiger partial charge in [0.25, 0.3) is 0 Å². The van der Waals surface area contributed by atoms with E-state index in [-0.39, 0.29) is 5.41 Å². The first-order valence-electron chi connectivity index (χ1n) is 7.41. The molecule has 1 saturated carbocycles. The molecule has 2 aromatic rings. The van der Waals surface area contributed by atoms with Crippen LogP contribution in [0, 0.1) is 10.8 Å². The molecule has 1 heteroatoms. The molecule has 0 heterocycles. The highest BCUT2D eigenvalue weighted by molar-refractivity contribution is 5.39. The predicted octanol–water partition coefficient (Wildman–Crippen LogP) is 4.19. The second-order valence-electron chi connectivity index (χ2n) is 6.68. The molecular formula is C19H23N. The van der Waals surface area contributed by atoms with Gasteiger partial charge in [-0.1, -0.05) is 74.5 Å². The normalized spacial score (nSPS) is 23.8. The molecule has 1 unspecified atom stereocenters. The van der Waals surface area contributed by atoms with E-state index in [1.54, 1.807) is 0 Å². The van der Waals surface area contributed by atoms with Crippen molar-refractivity contribution in [1.82, 2.24) is 0 Å². The molecule has 0 spiro atoms. The second kappa shape index (κ2) is 4.75. The van der Waals surface area contributed by atoms with E-state index in [1.807, 2.05) is 0 Å². The van der Waals surface area contributed by atoms with Gasteiger partial charge in [-0.25, -0.2) is 0 Å². The number of nitrogens with two attached hydrogens (primary N) is 1. The summed E-state index contributed by atoms with van der Waals surface area (Å²) in [6.45, 7) is 5.44. The van der Waals surface area contributed by atoms with Crippen LogP contribution in [0.3, 0.4) is 0 Å². The average Bonchev–Trinajstić information content (AvgIpc) is 3.04. The minimum Gasteiger partial charge on any atom is -0.330 e. The Balaban J connectivity index is 2.11. The summed E-state index contributed by atoms with van der Waals surface area (Å²) in [7, 11) is 0. The van der Waals surface area contributed by atoms with Gasteiger partial charge in [0.05, 0.1) is 0 Å². The molecule has 0 amide bonds. The van der Waals surface area contributed by atoms with Crippen molar-refractivity contribution in [2.24, 2.45) is 16.6 Å². The molecule has 3 rings (SSSR count). The van der Waals surface area contributed by atoms with E-state index < -0.39 is 0 Å². The zero-order valence-electron chi connectivity index (χ0n) is 12.3. The summed E-state index contributed by atoms with van der Waals surface area (Å²) in [5.41, 5.74) is 9.50. The van der Waals surface area contributed by atoms with Gasteiger partial charge in [-0.2, -0.15) is 0 Å². The highest BCUT2D eigenvalue weighted by Gasteiger charge is 2.64. The number of benzene rings is 2. The first-order chi connectivity index (χ1) is 9.61. The van der Waals surface area contributed by atoms with Crippen LogP contribution in [0.5, 0.6) is 0 Å². The Morgan fingerprint density at radius 2 is 1.30 bits per heavy atom. The Morgan fingerprint density at radius 3 is 1.60 bits per heavy atom. The Hall–Kier alpha value is -1.60. The predicted molar refractivity (Wildman–Crippen MR) is 84.6 cm³/mol. The Labute approximate surface area is 121 Å². The van der Waals surface area contributed by atoms with Gasteiger partial charge in [0.2, 0.25) is 0 Å². The third kappa shape index (κ3) is 1.97. The van der Waals surface area contributed by atoms with Crippen molar-refractivity contribution in [1.29, 1.82) is 0 Å². The van der Waals surface area contributed by atoms with Crippen LogP contribution in [0.2, 0.25) is 0 Å². The SMILES string of the molecule is CC1(C)CC1(CN)C(c1ccccc1)c1ccccc1. The second-order valence-corrected chi connectivity index (χ2v) is 6.68. The van der Waals surface area contributed by atoms with E-state index in [4.69, 9.17) is 5.73 Å². The van der Waals surface area contributed by atoms with Crippen molar-refractivity contribution >= 4 is 0 Å². The molecule has 2 aromatic carbocycles. The molecule has 0 aliphatic heterocycles. The highest BCUT2D eigenvalue weighted by Crippen LogP contribution is 2.70. The first-order valence-corrected chi connectivity index (χ1v) is 7.41. The highest BCUT2D eigenvalue weighted by atomic mass is 14.8. The van der Waals surface area contributed by atoms with Gasteiger partial charge in [-0.05, 0) is 34.9 Å². The summed E-state index contributed by atoms with van der Waals surface area (Å²) in [5, 5.41) is 0. The minimum atomic E-state index is 0.190. The smallest absolute Gasteiger partial charge is 0.0163 e. The van der Waals surface area contributed by atoms with Crippen molar-refractivity contribution in [3.8, 4) is 0 Å². The molecule has 0 saturated heterocycles. The summed E-state index contributed by atoms with van der Waals surface area (Å²) in [6.07, 6.45) is 1.20. The molecule has 0 aromatic heterocycles. The molecule has 104 valence electrons. The quantitative estimate of drug-likeness (QED) is 0.881. The van der Waals surface area contributed by atoms with Crippen LogP contribution in [0.15, 0.2) is 60.7 Å². The lowest BCUT2D eigenvalue weighted by atomic mass is 9.74. The van der Waals surface area contributed by atoms with Gasteiger partial charge in [-0.3, -0.25) is 0 Å².